The summed E-state index contributed by atoms with van der Waals surface area (Å²) < 4.78 is 31.5. The van der Waals surface area contributed by atoms with Crippen LogP contribution in [0.3, 0.4) is 0 Å². The highest BCUT2D eigenvalue weighted by Gasteiger charge is 2.22. The predicted molar refractivity (Wildman–Crippen MR) is 92.6 cm³/mol. The van der Waals surface area contributed by atoms with Gasteiger partial charge in [-0.3, -0.25) is 9.69 Å². The third kappa shape index (κ3) is 5.24. The van der Waals surface area contributed by atoms with Crippen molar-refractivity contribution in [3.05, 3.63) is 52.2 Å². The van der Waals surface area contributed by atoms with Crippen LogP contribution >= 0.6 is 11.3 Å². The molecule has 0 bridgehead atoms. The van der Waals surface area contributed by atoms with Crippen LogP contribution in [0, 0.1) is 11.6 Å². The largest absolute Gasteiger partial charge is 0.481 e. The molecule has 1 aromatic heterocycles. The van der Waals surface area contributed by atoms with Gasteiger partial charge in [0.2, 0.25) is 0 Å². The Kier molecular flexibility index (Phi) is 5.99. The summed E-state index contributed by atoms with van der Waals surface area (Å²) in [6.45, 7) is 2.40. The summed E-state index contributed by atoms with van der Waals surface area (Å²) in [6.07, 6.45) is 1.93. The van der Waals surface area contributed by atoms with Gasteiger partial charge >= 0.3 is 0 Å². The number of nitrogens with one attached hydrogen (secondary N) is 1. The van der Waals surface area contributed by atoms with Crippen LogP contribution in [-0.4, -0.2) is 36.5 Å². The summed E-state index contributed by atoms with van der Waals surface area (Å²) in [7, 11) is 0. The van der Waals surface area contributed by atoms with Crippen molar-refractivity contribution >= 4 is 17.2 Å². The molecule has 0 unspecified atom stereocenters. The van der Waals surface area contributed by atoms with Gasteiger partial charge in [-0.15, -0.1) is 11.3 Å². The summed E-state index contributed by atoms with van der Waals surface area (Å²) in [5.74, 6) is -1.92. The summed E-state index contributed by atoms with van der Waals surface area (Å²) in [5, 5.41) is 4.99. The second kappa shape index (κ2) is 8.40. The molecule has 1 N–H and O–H groups in total. The number of halogens is 2. The van der Waals surface area contributed by atoms with Crippen LogP contribution in [0.2, 0.25) is 0 Å². The number of carbonyl (C=O) groups is 1. The van der Waals surface area contributed by atoms with E-state index < -0.39 is 11.6 Å². The molecule has 0 radical (unpaired) electrons. The van der Waals surface area contributed by atoms with Crippen molar-refractivity contribution in [1.29, 1.82) is 0 Å². The Morgan fingerprint density at radius 1 is 1.36 bits per heavy atom. The van der Waals surface area contributed by atoms with E-state index in [0.29, 0.717) is 0 Å². The SMILES string of the molecule is O=C(COc1ccc(F)cc1F)N[C@H]1CCCN(Cc2cccs2)C1. The van der Waals surface area contributed by atoms with Gasteiger partial charge in [0, 0.05) is 30.1 Å². The fourth-order valence-corrected chi connectivity index (χ4v) is 3.69. The van der Waals surface area contributed by atoms with Gasteiger partial charge in [-0.2, -0.15) is 0 Å². The molecule has 2 heterocycles. The Morgan fingerprint density at radius 3 is 3.00 bits per heavy atom. The van der Waals surface area contributed by atoms with Crippen molar-refractivity contribution < 1.29 is 18.3 Å². The number of piperidine rings is 1. The Labute approximate surface area is 149 Å². The van der Waals surface area contributed by atoms with E-state index in [2.05, 4.69) is 21.7 Å². The number of benzene rings is 1. The van der Waals surface area contributed by atoms with E-state index in [0.717, 1.165) is 44.6 Å². The number of amides is 1. The Morgan fingerprint density at radius 2 is 2.24 bits per heavy atom. The van der Waals surface area contributed by atoms with Crippen molar-refractivity contribution in [2.75, 3.05) is 19.7 Å². The number of nitrogens with zero attached hydrogens (tertiary/aromatic N) is 1. The van der Waals surface area contributed by atoms with E-state index in [4.69, 9.17) is 4.74 Å². The number of likely N-dealkylation sites (tertiary alicyclic amines) is 1. The summed E-state index contributed by atoms with van der Waals surface area (Å²) in [6, 6.07) is 7.22. The second-order valence-corrected chi connectivity index (χ2v) is 7.12. The molecular weight excluding hydrogens is 346 g/mol. The topological polar surface area (TPSA) is 41.6 Å². The van der Waals surface area contributed by atoms with Gasteiger partial charge in [0.1, 0.15) is 5.82 Å². The number of ether oxygens (including phenoxy) is 1. The monoisotopic (exact) mass is 366 g/mol. The molecule has 0 saturated carbocycles. The van der Waals surface area contributed by atoms with Gasteiger partial charge in [0.05, 0.1) is 0 Å². The fraction of sp³-hybridized carbons (Fsp3) is 0.389. The van der Waals surface area contributed by atoms with Crippen LogP contribution in [0.25, 0.3) is 0 Å². The molecule has 1 aliphatic heterocycles. The molecule has 2 aromatic rings. The summed E-state index contributed by atoms with van der Waals surface area (Å²) in [4.78, 5) is 15.7. The van der Waals surface area contributed by atoms with Gasteiger partial charge in [0.15, 0.2) is 18.2 Å². The zero-order valence-electron chi connectivity index (χ0n) is 13.7. The highest BCUT2D eigenvalue weighted by atomic mass is 32.1. The van der Waals surface area contributed by atoms with E-state index >= 15 is 0 Å². The molecule has 4 nitrogen and oxygen atoms in total. The van der Waals surface area contributed by atoms with Crippen LogP contribution in [-0.2, 0) is 11.3 Å². The van der Waals surface area contributed by atoms with Crippen LogP contribution in [0.4, 0.5) is 8.78 Å². The Bertz CT molecular complexity index is 709. The van der Waals surface area contributed by atoms with Crippen molar-refractivity contribution in [2.24, 2.45) is 0 Å². The van der Waals surface area contributed by atoms with E-state index in [1.54, 1.807) is 11.3 Å². The molecular formula is C18H20F2N2O2S. The van der Waals surface area contributed by atoms with Gasteiger partial charge in [-0.1, -0.05) is 6.07 Å². The number of carbonyl (C=O) groups excluding carboxylic acids is 1. The maximum absolute atomic E-state index is 13.5. The third-order valence-electron chi connectivity index (χ3n) is 4.08. The minimum Gasteiger partial charge on any atom is -0.481 e. The molecule has 134 valence electrons. The van der Waals surface area contributed by atoms with Crippen LogP contribution in [0.5, 0.6) is 5.75 Å². The molecule has 1 aromatic carbocycles. The number of rotatable bonds is 6. The zero-order chi connectivity index (χ0) is 17.6. The lowest BCUT2D eigenvalue weighted by Crippen LogP contribution is -2.48. The zero-order valence-corrected chi connectivity index (χ0v) is 14.5. The molecule has 1 amide bonds. The lowest BCUT2D eigenvalue weighted by Gasteiger charge is -2.32. The van der Waals surface area contributed by atoms with E-state index in [9.17, 15) is 13.6 Å². The van der Waals surface area contributed by atoms with Crippen molar-refractivity contribution in [2.45, 2.75) is 25.4 Å². The number of hydrogen-bond acceptors (Lipinski definition) is 4. The molecule has 7 heteroatoms. The van der Waals surface area contributed by atoms with E-state index in [-0.39, 0.29) is 24.3 Å². The van der Waals surface area contributed by atoms with Crippen molar-refractivity contribution in [3.8, 4) is 5.75 Å². The summed E-state index contributed by atoms with van der Waals surface area (Å²) >= 11 is 1.73. The highest BCUT2D eigenvalue weighted by Crippen LogP contribution is 2.18. The van der Waals surface area contributed by atoms with Crippen LogP contribution in [0.1, 0.15) is 17.7 Å². The standard InChI is InChI=1S/C18H20F2N2O2S/c19-13-5-6-17(16(20)9-13)24-12-18(23)21-14-3-1-7-22(10-14)11-15-4-2-8-25-15/h2,4-6,8-9,14H,1,3,7,10-12H2,(H,21,23)/t14-/m0/s1. The smallest absolute Gasteiger partial charge is 0.258 e. The van der Waals surface area contributed by atoms with E-state index in [1.165, 1.54) is 10.9 Å². The number of hydrogen-bond donors (Lipinski definition) is 1. The lowest BCUT2D eigenvalue weighted by atomic mass is 10.1. The first-order chi connectivity index (χ1) is 12.1. The van der Waals surface area contributed by atoms with Gasteiger partial charge in [0.25, 0.3) is 5.91 Å². The number of thiophene rings is 1. The molecule has 1 aliphatic rings. The molecule has 3 rings (SSSR count). The second-order valence-electron chi connectivity index (χ2n) is 6.08. The maximum Gasteiger partial charge on any atom is 0.258 e. The maximum atomic E-state index is 13.5. The minimum atomic E-state index is -0.812. The van der Waals surface area contributed by atoms with Gasteiger partial charge < -0.3 is 10.1 Å². The molecule has 25 heavy (non-hydrogen) atoms. The highest BCUT2D eigenvalue weighted by molar-refractivity contribution is 7.09. The van der Waals surface area contributed by atoms with Gasteiger partial charge in [-0.25, -0.2) is 8.78 Å². The lowest BCUT2D eigenvalue weighted by molar-refractivity contribution is -0.124. The average molecular weight is 366 g/mol. The Balaban J connectivity index is 1.45. The quantitative estimate of drug-likeness (QED) is 0.854. The van der Waals surface area contributed by atoms with Gasteiger partial charge in [-0.05, 0) is 43.0 Å². The third-order valence-corrected chi connectivity index (χ3v) is 4.94. The first-order valence-electron chi connectivity index (χ1n) is 8.22. The predicted octanol–water partition coefficient (Wildman–Crippen LogP) is 3.19. The molecule has 1 saturated heterocycles. The molecule has 1 fully saturated rings. The normalized spacial score (nSPS) is 18.1. The fourth-order valence-electron chi connectivity index (χ4n) is 2.94. The first kappa shape index (κ1) is 17.8. The molecule has 0 aliphatic carbocycles. The molecule has 0 spiro atoms. The van der Waals surface area contributed by atoms with Crippen LogP contribution < -0.4 is 10.1 Å². The van der Waals surface area contributed by atoms with E-state index in [1.807, 2.05) is 6.07 Å². The average Bonchev–Trinajstić information content (AvgIpc) is 3.07. The molecule has 1 atom stereocenters. The minimum absolute atomic E-state index is 0.0582. The van der Waals surface area contributed by atoms with Crippen molar-refractivity contribution in [3.63, 3.8) is 0 Å². The summed E-state index contributed by atoms with van der Waals surface area (Å²) in [5.41, 5.74) is 0. The first-order valence-corrected chi connectivity index (χ1v) is 9.10. The van der Waals surface area contributed by atoms with Crippen LogP contribution in [0.15, 0.2) is 35.7 Å². The van der Waals surface area contributed by atoms with Crippen molar-refractivity contribution in [1.82, 2.24) is 10.2 Å². The Hall–Kier alpha value is -1.99.